The fraction of sp³-hybridized carbons (Fsp3) is 0.300. The highest BCUT2D eigenvalue weighted by molar-refractivity contribution is 7.99. The molecular weight excluding hydrogens is 362 g/mol. The van der Waals surface area contributed by atoms with E-state index in [2.05, 4.69) is 4.98 Å². The van der Waals surface area contributed by atoms with E-state index in [0.29, 0.717) is 17.1 Å². The number of ether oxygens (including phenoxy) is 1. The van der Waals surface area contributed by atoms with Gasteiger partial charge in [-0.3, -0.25) is 4.79 Å². The van der Waals surface area contributed by atoms with Crippen LogP contribution in [-0.4, -0.2) is 41.5 Å². The number of hydrogen-bond donors (Lipinski definition) is 0. The topological polar surface area (TPSA) is 83.3 Å². The number of benzene rings is 1. The summed E-state index contributed by atoms with van der Waals surface area (Å²) in [4.78, 5) is 31.4. The van der Waals surface area contributed by atoms with Crippen LogP contribution in [0.25, 0.3) is 0 Å². The van der Waals surface area contributed by atoms with Crippen molar-refractivity contribution in [3.8, 4) is 6.07 Å². The molecule has 2 aromatic rings. The highest BCUT2D eigenvalue weighted by Gasteiger charge is 2.24. The minimum absolute atomic E-state index is 0.225. The number of amides is 1. The summed E-state index contributed by atoms with van der Waals surface area (Å²) in [6.45, 7) is 3.81. The Morgan fingerprint density at radius 3 is 2.67 bits per heavy atom. The minimum atomic E-state index is -0.946. The van der Waals surface area contributed by atoms with Gasteiger partial charge < -0.3 is 9.64 Å². The van der Waals surface area contributed by atoms with Gasteiger partial charge in [0.25, 0.3) is 5.91 Å². The first kappa shape index (κ1) is 20.5. The van der Waals surface area contributed by atoms with Crippen LogP contribution in [0.4, 0.5) is 0 Å². The number of aryl methyl sites for hydroxylation is 1. The average molecular weight is 383 g/mol. The molecule has 0 aliphatic carbocycles. The van der Waals surface area contributed by atoms with E-state index in [1.54, 1.807) is 25.4 Å². The van der Waals surface area contributed by atoms with Crippen molar-refractivity contribution in [3.63, 3.8) is 0 Å². The standard InChI is InChI=1S/C20H21N3O3S/c1-14-7-9-16(10-8-14)27-18-17(6-4-12-22-18)20(25)26-15(2)19(24)23(3)13-5-11-21/h4,6-10,12,15H,5,13H2,1-3H3/t15-/m0/s1. The summed E-state index contributed by atoms with van der Waals surface area (Å²) < 4.78 is 5.33. The summed E-state index contributed by atoms with van der Waals surface area (Å²) in [5.41, 5.74) is 1.45. The predicted molar refractivity (Wildman–Crippen MR) is 102 cm³/mol. The summed E-state index contributed by atoms with van der Waals surface area (Å²) >= 11 is 1.36. The molecule has 0 aliphatic rings. The molecule has 1 heterocycles. The number of carbonyl (C=O) groups excluding carboxylic acids is 2. The van der Waals surface area contributed by atoms with Crippen LogP contribution in [0.3, 0.4) is 0 Å². The second kappa shape index (κ2) is 9.74. The molecule has 0 N–H and O–H groups in total. The second-order valence-corrected chi connectivity index (χ2v) is 7.05. The molecule has 0 unspecified atom stereocenters. The minimum Gasteiger partial charge on any atom is -0.449 e. The Balaban J connectivity index is 2.09. The van der Waals surface area contributed by atoms with E-state index in [9.17, 15) is 9.59 Å². The van der Waals surface area contributed by atoms with Crippen molar-refractivity contribution in [2.75, 3.05) is 13.6 Å². The molecule has 0 spiro atoms. The highest BCUT2D eigenvalue weighted by Crippen LogP contribution is 2.29. The maximum atomic E-state index is 12.6. The van der Waals surface area contributed by atoms with Crippen LogP contribution < -0.4 is 0 Å². The van der Waals surface area contributed by atoms with E-state index in [-0.39, 0.29) is 12.3 Å². The molecule has 0 aliphatic heterocycles. The number of nitriles is 1. The fourth-order valence-electron chi connectivity index (χ4n) is 2.26. The average Bonchev–Trinajstić information content (AvgIpc) is 2.67. The van der Waals surface area contributed by atoms with Crippen molar-refractivity contribution < 1.29 is 14.3 Å². The maximum Gasteiger partial charge on any atom is 0.341 e. The third kappa shape index (κ3) is 5.83. The van der Waals surface area contributed by atoms with Gasteiger partial charge in [0.2, 0.25) is 0 Å². The number of carbonyl (C=O) groups is 2. The zero-order chi connectivity index (χ0) is 19.8. The molecule has 1 amide bonds. The molecule has 7 heteroatoms. The number of hydrogen-bond acceptors (Lipinski definition) is 6. The lowest BCUT2D eigenvalue weighted by Crippen LogP contribution is -2.38. The first-order valence-electron chi connectivity index (χ1n) is 8.45. The van der Waals surface area contributed by atoms with E-state index in [0.717, 1.165) is 10.5 Å². The van der Waals surface area contributed by atoms with E-state index < -0.39 is 12.1 Å². The van der Waals surface area contributed by atoms with Crippen molar-refractivity contribution in [1.29, 1.82) is 5.26 Å². The smallest absolute Gasteiger partial charge is 0.341 e. The predicted octanol–water partition coefficient (Wildman–Crippen LogP) is 3.46. The van der Waals surface area contributed by atoms with Gasteiger partial charge in [0, 0.05) is 24.7 Å². The van der Waals surface area contributed by atoms with Crippen LogP contribution >= 0.6 is 11.8 Å². The summed E-state index contributed by atoms with van der Waals surface area (Å²) in [5, 5.41) is 9.13. The van der Waals surface area contributed by atoms with Crippen molar-refractivity contribution in [3.05, 3.63) is 53.7 Å². The first-order valence-corrected chi connectivity index (χ1v) is 9.26. The summed E-state index contributed by atoms with van der Waals surface area (Å²) in [6.07, 6.45) is 0.888. The first-order chi connectivity index (χ1) is 12.9. The number of esters is 1. The lowest BCUT2D eigenvalue weighted by molar-refractivity contribution is -0.138. The molecule has 0 saturated carbocycles. The molecular formula is C20H21N3O3S. The Morgan fingerprint density at radius 2 is 2.00 bits per heavy atom. The Kier molecular flexibility index (Phi) is 7.38. The van der Waals surface area contributed by atoms with Crippen molar-refractivity contribution in [2.45, 2.75) is 36.3 Å². The lowest BCUT2D eigenvalue weighted by Gasteiger charge is -2.20. The monoisotopic (exact) mass is 383 g/mol. The lowest BCUT2D eigenvalue weighted by atomic mass is 10.2. The molecule has 2 rings (SSSR count). The summed E-state index contributed by atoms with van der Waals surface area (Å²) in [6, 6.07) is 13.2. The van der Waals surface area contributed by atoms with Gasteiger partial charge in [-0.25, -0.2) is 9.78 Å². The Labute approximate surface area is 163 Å². The number of likely N-dealkylation sites (N-methyl/N-ethyl adjacent to an activating group) is 1. The number of nitrogens with zero attached hydrogens (tertiary/aromatic N) is 3. The molecule has 1 atom stereocenters. The molecule has 27 heavy (non-hydrogen) atoms. The number of pyridine rings is 1. The molecule has 0 bridgehead atoms. The van der Waals surface area contributed by atoms with Crippen LogP contribution in [0.15, 0.2) is 52.5 Å². The second-order valence-electron chi connectivity index (χ2n) is 5.99. The molecule has 6 nitrogen and oxygen atoms in total. The normalized spacial score (nSPS) is 11.3. The maximum absolute atomic E-state index is 12.6. The van der Waals surface area contributed by atoms with Crippen molar-refractivity contribution in [2.24, 2.45) is 0 Å². The summed E-state index contributed by atoms with van der Waals surface area (Å²) in [7, 11) is 1.58. The highest BCUT2D eigenvalue weighted by atomic mass is 32.2. The van der Waals surface area contributed by atoms with Crippen molar-refractivity contribution in [1.82, 2.24) is 9.88 Å². The van der Waals surface area contributed by atoms with Gasteiger partial charge in [-0.1, -0.05) is 29.5 Å². The molecule has 0 radical (unpaired) electrons. The molecule has 1 aromatic heterocycles. The van der Waals surface area contributed by atoms with E-state index in [1.807, 2.05) is 37.3 Å². The van der Waals surface area contributed by atoms with Crippen LogP contribution in [0.2, 0.25) is 0 Å². The van der Waals surface area contributed by atoms with Crippen LogP contribution in [-0.2, 0) is 9.53 Å². The van der Waals surface area contributed by atoms with Gasteiger partial charge in [0.15, 0.2) is 6.10 Å². The van der Waals surface area contributed by atoms with Crippen LogP contribution in [0.5, 0.6) is 0 Å². The quantitative estimate of drug-likeness (QED) is 0.681. The van der Waals surface area contributed by atoms with E-state index in [1.165, 1.54) is 23.6 Å². The van der Waals surface area contributed by atoms with E-state index >= 15 is 0 Å². The van der Waals surface area contributed by atoms with Gasteiger partial charge in [0.1, 0.15) is 5.03 Å². The number of rotatable bonds is 7. The third-order valence-electron chi connectivity index (χ3n) is 3.79. The van der Waals surface area contributed by atoms with Crippen LogP contribution in [0, 0.1) is 18.3 Å². The number of aromatic nitrogens is 1. The molecule has 0 fully saturated rings. The fourth-order valence-corrected chi connectivity index (χ4v) is 3.13. The van der Waals surface area contributed by atoms with Gasteiger partial charge >= 0.3 is 5.97 Å². The van der Waals surface area contributed by atoms with Crippen LogP contribution in [0.1, 0.15) is 29.3 Å². The third-order valence-corrected chi connectivity index (χ3v) is 4.82. The SMILES string of the molecule is Cc1ccc(Sc2ncccc2C(=O)O[C@@H](C)C(=O)N(C)CCC#N)cc1. The largest absolute Gasteiger partial charge is 0.449 e. The zero-order valence-electron chi connectivity index (χ0n) is 15.5. The molecule has 0 saturated heterocycles. The Morgan fingerprint density at radius 1 is 1.30 bits per heavy atom. The Bertz CT molecular complexity index is 846. The van der Waals surface area contributed by atoms with Gasteiger partial charge in [-0.15, -0.1) is 0 Å². The Hall–Kier alpha value is -2.85. The van der Waals surface area contributed by atoms with Gasteiger partial charge in [-0.05, 0) is 38.1 Å². The molecule has 140 valence electrons. The zero-order valence-corrected chi connectivity index (χ0v) is 16.3. The molecule has 1 aromatic carbocycles. The summed E-state index contributed by atoms with van der Waals surface area (Å²) in [5.74, 6) is -0.956. The van der Waals surface area contributed by atoms with Gasteiger partial charge in [-0.2, -0.15) is 5.26 Å². The van der Waals surface area contributed by atoms with E-state index in [4.69, 9.17) is 10.00 Å². The van der Waals surface area contributed by atoms with Gasteiger partial charge in [0.05, 0.1) is 18.1 Å². The van der Waals surface area contributed by atoms with Crippen molar-refractivity contribution >= 4 is 23.6 Å².